The fraction of sp³-hybridized carbons (Fsp3) is 0.174. The maximum absolute atomic E-state index is 12.1. The van der Waals surface area contributed by atoms with Gasteiger partial charge in [0.15, 0.2) is 10.8 Å². The molecule has 8 heteroatoms. The molecule has 0 unspecified atom stereocenters. The zero-order valence-corrected chi connectivity index (χ0v) is 18.0. The summed E-state index contributed by atoms with van der Waals surface area (Å²) in [5.41, 5.74) is 3.83. The van der Waals surface area contributed by atoms with Gasteiger partial charge < -0.3 is 13.9 Å². The maximum atomic E-state index is 12.1. The first kappa shape index (κ1) is 19.4. The zero-order chi connectivity index (χ0) is 21.5. The molecule has 5 aromatic rings. The first-order valence-electron chi connectivity index (χ1n) is 9.63. The van der Waals surface area contributed by atoms with E-state index in [4.69, 9.17) is 13.9 Å². The van der Waals surface area contributed by atoms with E-state index in [2.05, 4.69) is 17.1 Å². The van der Waals surface area contributed by atoms with Gasteiger partial charge in [0.2, 0.25) is 0 Å². The minimum atomic E-state index is -0.395. The molecule has 0 bridgehead atoms. The van der Waals surface area contributed by atoms with Crippen LogP contribution in [-0.4, -0.2) is 28.8 Å². The largest absolute Gasteiger partial charge is 0.497 e. The second kappa shape index (κ2) is 7.63. The van der Waals surface area contributed by atoms with E-state index >= 15 is 0 Å². The Morgan fingerprint density at radius 3 is 2.48 bits per heavy atom. The van der Waals surface area contributed by atoms with Crippen molar-refractivity contribution in [1.29, 1.82) is 0 Å². The Morgan fingerprint density at radius 2 is 1.71 bits per heavy atom. The van der Waals surface area contributed by atoms with E-state index in [1.165, 1.54) is 17.8 Å². The average Bonchev–Trinajstić information content (AvgIpc) is 3.19. The molecule has 0 amide bonds. The first-order chi connectivity index (χ1) is 15.1. The van der Waals surface area contributed by atoms with Crippen LogP contribution in [0.25, 0.3) is 27.5 Å². The summed E-state index contributed by atoms with van der Waals surface area (Å²) in [5, 5.41) is 11.5. The van der Waals surface area contributed by atoms with Crippen LogP contribution < -0.4 is 15.1 Å². The minimum absolute atomic E-state index is 0.395. The Balaban J connectivity index is 1.59. The van der Waals surface area contributed by atoms with Gasteiger partial charge >= 0.3 is 5.63 Å². The number of thioether (sulfide) groups is 1. The molecule has 0 saturated heterocycles. The number of fused-ring (bicyclic) bond motifs is 4. The van der Waals surface area contributed by atoms with E-state index in [9.17, 15) is 4.79 Å². The van der Waals surface area contributed by atoms with Crippen LogP contribution in [0, 0.1) is 6.92 Å². The van der Waals surface area contributed by atoms with Crippen molar-refractivity contribution in [3.8, 4) is 11.5 Å². The van der Waals surface area contributed by atoms with Crippen LogP contribution in [-0.2, 0) is 5.75 Å². The number of aryl methyl sites for hydroxylation is 1. The van der Waals surface area contributed by atoms with E-state index in [1.54, 1.807) is 20.3 Å². The van der Waals surface area contributed by atoms with Gasteiger partial charge in [0.25, 0.3) is 0 Å². The minimum Gasteiger partial charge on any atom is -0.497 e. The number of aromatic nitrogens is 3. The predicted octanol–water partition coefficient (Wildman–Crippen LogP) is 4.61. The second-order valence-electron chi connectivity index (χ2n) is 7.13. The molecule has 156 valence electrons. The molecule has 0 aliphatic carbocycles. The van der Waals surface area contributed by atoms with Crippen molar-refractivity contribution in [2.75, 3.05) is 14.2 Å². The zero-order valence-electron chi connectivity index (χ0n) is 17.2. The summed E-state index contributed by atoms with van der Waals surface area (Å²) in [6.07, 6.45) is 0. The van der Waals surface area contributed by atoms with Gasteiger partial charge in [-0.3, -0.25) is 4.40 Å². The lowest BCUT2D eigenvalue weighted by Crippen LogP contribution is -2.00. The van der Waals surface area contributed by atoms with Crippen LogP contribution in [0.1, 0.15) is 11.1 Å². The number of ether oxygens (including phenoxy) is 2. The maximum Gasteiger partial charge on any atom is 0.336 e. The van der Waals surface area contributed by atoms with Gasteiger partial charge in [0, 0.05) is 34.7 Å². The van der Waals surface area contributed by atoms with E-state index in [1.807, 2.05) is 40.8 Å². The van der Waals surface area contributed by atoms with Crippen LogP contribution in [0.3, 0.4) is 0 Å². The predicted molar refractivity (Wildman–Crippen MR) is 120 cm³/mol. The van der Waals surface area contributed by atoms with Crippen molar-refractivity contribution in [2.45, 2.75) is 17.8 Å². The standard InChI is InChI=1S/C23H19N3O4S/c1-13-8-21-24-25-23(26(21)19-10-15(28-2)4-6-17(13)19)31-12-14-9-22(27)30-20-11-16(29-3)5-7-18(14)20/h4-11H,12H2,1-3H3. The number of rotatable bonds is 5. The molecular weight excluding hydrogens is 414 g/mol. The van der Waals surface area contributed by atoms with E-state index in [-0.39, 0.29) is 0 Å². The Kier molecular flexibility index (Phi) is 4.78. The molecule has 31 heavy (non-hydrogen) atoms. The molecule has 0 atom stereocenters. The van der Waals surface area contributed by atoms with E-state index < -0.39 is 5.63 Å². The third-order valence-corrected chi connectivity index (χ3v) is 6.25. The van der Waals surface area contributed by atoms with Gasteiger partial charge in [-0.25, -0.2) is 4.79 Å². The van der Waals surface area contributed by atoms with E-state index in [0.717, 1.165) is 44.0 Å². The molecular formula is C23H19N3O4S. The van der Waals surface area contributed by atoms with Crippen molar-refractivity contribution in [3.05, 3.63) is 70.1 Å². The molecule has 0 fully saturated rings. The summed E-state index contributed by atoms with van der Waals surface area (Å²) < 4.78 is 18.0. The first-order valence-corrected chi connectivity index (χ1v) is 10.6. The van der Waals surface area contributed by atoms with Crippen molar-refractivity contribution >= 4 is 39.3 Å². The molecule has 3 aromatic heterocycles. The normalized spacial score (nSPS) is 11.5. The Hall–Kier alpha value is -3.52. The lowest BCUT2D eigenvalue weighted by atomic mass is 10.1. The lowest BCUT2D eigenvalue weighted by Gasteiger charge is -2.10. The molecule has 0 aliphatic heterocycles. The monoisotopic (exact) mass is 433 g/mol. The Labute approximate surface area is 181 Å². The quantitative estimate of drug-likeness (QED) is 0.296. The third kappa shape index (κ3) is 3.38. The summed E-state index contributed by atoms with van der Waals surface area (Å²) >= 11 is 1.51. The average molecular weight is 433 g/mol. The number of hydrogen-bond acceptors (Lipinski definition) is 7. The van der Waals surface area contributed by atoms with Crippen molar-refractivity contribution < 1.29 is 13.9 Å². The second-order valence-corrected chi connectivity index (χ2v) is 8.07. The number of pyridine rings is 1. The molecule has 0 aliphatic rings. The van der Waals surface area contributed by atoms with Gasteiger partial charge in [0.05, 0.1) is 19.7 Å². The smallest absolute Gasteiger partial charge is 0.336 e. The summed E-state index contributed by atoms with van der Waals surface area (Å²) in [4.78, 5) is 12.1. The molecule has 0 spiro atoms. The topological polar surface area (TPSA) is 78.9 Å². The van der Waals surface area contributed by atoms with Crippen LogP contribution in [0.2, 0.25) is 0 Å². The van der Waals surface area contributed by atoms with Crippen molar-refractivity contribution in [3.63, 3.8) is 0 Å². The summed E-state index contributed by atoms with van der Waals surface area (Å²) in [7, 11) is 3.23. The van der Waals surface area contributed by atoms with Gasteiger partial charge in [0.1, 0.15) is 17.1 Å². The van der Waals surface area contributed by atoms with E-state index in [0.29, 0.717) is 17.1 Å². The summed E-state index contributed by atoms with van der Waals surface area (Å²) in [6.45, 7) is 2.06. The molecule has 0 saturated carbocycles. The highest BCUT2D eigenvalue weighted by Crippen LogP contribution is 2.31. The molecule has 0 N–H and O–H groups in total. The van der Waals surface area contributed by atoms with Gasteiger partial charge in [-0.05, 0) is 48.4 Å². The highest BCUT2D eigenvalue weighted by molar-refractivity contribution is 7.98. The van der Waals surface area contributed by atoms with Gasteiger partial charge in [-0.15, -0.1) is 10.2 Å². The van der Waals surface area contributed by atoms with Crippen LogP contribution in [0.5, 0.6) is 11.5 Å². The summed E-state index contributed by atoms with van der Waals surface area (Å²) in [6, 6.07) is 15.0. The molecule has 5 rings (SSSR count). The lowest BCUT2D eigenvalue weighted by molar-refractivity contribution is 0.414. The van der Waals surface area contributed by atoms with Gasteiger partial charge in [-0.2, -0.15) is 0 Å². The molecule has 7 nitrogen and oxygen atoms in total. The molecule has 3 heterocycles. The third-order valence-electron chi connectivity index (χ3n) is 5.27. The highest BCUT2D eigenvalue weighted by Gasteiger charge is 2.14. The van der Waals surface area contributed by atoms with Crippen LogP contribution in [0.15, 0.2) is 62.9 Å². The Bertz CT molecular complexity index is 1510. The number of benzene rings is 2. The number of methoxy groups -OCH3 is 2. The fourth-order valence-electron chi connectivity index (χ4n) is 3.72. The highest BCUT2D eigenvalue weighted by atomic mass is 32.2. The molecule has 0 radical (unpaired) electrons. The SMILES string of the molecule is COc1ccc2c(CSc3nnc4cc(C)c5ccc(OC)cc5n34)cc(=O)oc2c1. The number of hydrogen-bond donors (Lipinski definition) is 0. The number of nitrogens with zero attached hydrogens (tertiary/aromatic N) is 3. The fourth-order valence-corrected chi connectivity index (χ4v) is 4.66. The van der Waals surface area contributed by atoms with Crippen molar-refractivity contribution in [2.24, 2.45) is 0 Å². The van der Waals surface area contributed by atoms with Crippen molar-refractivity contribution in [1.82, 2.24) is 14.6 Å². The Morgan fingerprint density at radius 1 is 0.968 bits per heavy atom. The van der Waals surface area contributed by atoms with Crippen LogP contribution in [0.4, 0.5) is 0 Å². The molecule has 2 aromatic carbocycles. The van der Waals surface area contributed by atoms with Gasteiger partial charge in [-0.1, -0.05) is 11.8 Å². The van der Waals surface area contributed by atoms with Crippen LogP contribution >= 0.6 is 11.8 Å². The summed E-state index contributed by atoms with van der Waals surface area (Å²) in [5.74, 6) is 1.94.